The van der Waals surface area contributed by atoms with Crippen LogP contribution in [-0.4, -0.2) is 19.6 Å². The molecule has 0 aromatic carbocycles. The van der Waals surface area contributed by atoms with E-state index in [2.05, 4.69) is 4.72 Å². The average Bonchev–Trinajstić information content (AvgIpc) is 2.70. The predicted molar refractivity (Wildman–Crippen MR) is 65.1 cm³/mol. The van der Waals surface area contributed by atoms with Crippen molar-refractivity contribution in [3.8, 4) is 0 Å². The molecule has 1 amide bonds. The van der Waals surface area contributed by atoms with Gasteiger partial charge >= 0.3 is 0 Å². The number of nitrogens with one attached hydrogen (secondary N) is 1. The fourth-order valence-electron chi connectivity index (χ4n) is 1.39. The van der Waals surface area contributed by atoms with Crippen molar-refractivity contribution < 1.29 is 13.2 Å². The molecular formula is C10H15NO3S2. The van der Waals surface area contributed by atoms with Crippen LogP contribution >= 0.6 is 11.3 Å². The van der Waals surface area contributed by atoms with Crippen LogP contribution in [0.4, 0.5) is 0 Å². The van der Waals surface area contributed by atoms with Gasteiger partial charge in [-0.05, 0) is 24.3 Å². The van der Waals surface area contributed by atoms with E-state index < -0.39 is 21.2 Å². The molecule has 0 atom stereocenters. The number of rotatable bonds is 5. The molecule has 0 saturated heterocycles. The minimum atomic E-state index is -3.54. The Balaban J connectivity index is 2.77. The Hall–Kier alpha value is -0.880. The van der Waals surface area contributed by atoms with Gasteiger partial charge in [-0.15, -0.1) is 0 Å². The Morgan fingerprint density at radius 3 is 2.50 bits per heavy atom. The van der Waals surface area contributed by atoms with Crippen LogP contribution in [0.3, 0.4) is 0 Å². The maximum Gasteiger partial charge on any atom is 0.265 e. The number of amides is 1. The lowest BCUT2D eigenvalue weighted by atomic mass is 10.3. The maximum absolute atomic E-state index is 11.8. The first-order valence-corrected chi connectivity index (χ1v) is 7.58. The number of thiophene rings is 1. The fourth-order valence-corrected chi connectivity index (χ4v) is 3.45. The minimum absolute atomic E-state index is 0.388. The number of hydrogen-bond acceptors (Lipinski definition) is 4. The maximum atomic E-state index is 11.8. The second kappa shape index (κ2) is 5.45. The highest BCUT2D eigenvalue weighted by atomic mass is 32.2. The molecule has 6 heteroatoms. The van der Waals surface area contributed by atoms with E-state index in [1.807, 2.05) is 0 Å². The van der Waals surface area contributed by atoms with Gasteiger partial charge in [-0.2, -0.15) is 11.3 Å². The summed E-state index contributed by atoms with van der Waals surface area (Å²) in [5, 5.41) is 2.85. The molecule has 1 aromatic heterocycles. The smallest absolute Gasteiger partial charge is 0.265 e. The quantitative estimate of drug-likeness (QED) is 0.881. The van der Waals surface area contributed by atoms with Gasteiger partial charge in [-0.1, -0.05) is 13.8 Å². The summed E-state index contributed by atoms with van der Waals surface area (Å²) in [5.74, 6) is -0.548. The third-order valence-electron chi connectivity index (χ3n) is 2.37. The van der Waals surface area contributed by atoms with Gasteiger partial charge in [0.25, 0.3) is 5.91 Å². The second-order valence-electron chi connectivity index (χ2n) is 3.43. The topological polar surface area (TPSA) is 63.2 Å². The van der Waals surface area contributed by atoms with Crippen LogP contribution in [0.15, 0.2) is 16.8 Å². The molecule has 90 valence electrons. The van der Waals surface area contributed by atoms with Gasteiger partial charge in [0.05, 0.1) is 10.8 Å². The van der Waals surface area contributed by atoms with Crippen LogP contribution in [-0.2, 0) is 10.0 Å². The molecule has 0 aliphatic rings. The number of carbonyl (C=O) groups excluding carboxylic acids is 1. The SMILES string of the molecule is CCC(CC)S(=O)(=O)NC(=O)c1ccsc1. The third-order valence-corrected chi connectivity index (χ3v) is 5.07. The normalized spacial score (nSPS) is 11.7. The number of carbonyl (C=O) groups is 1. The van der Waals surface area contributed by atoms with Crippen molar-refractivity contribution >= 4 is 27.3 Å². The molecule has 0 saturated carbocycles. The Morgan fingerprint density at radius 1 is 1.44 bits per heavy atom. The minimum Gasteiger partial charge on any atom is -0.268 e. The van der Waals surface area contributed by atoms with E-state index in [9.17, 15) is 13.2 Å². The fraction of sp³-hybridized carbons (Fsp3) is 0.500. The van der Waals surface area contributed by atoms with Gasteiger partial charge < -0.3 is 0 Å². The van der Waals surface area contributed by atoms with E-state index in [1.165, 1.54) is 11.3 Å². The standard InChI is InChI=1S/C10H15NO3S2/c1-3-9(4-2)16(13,14)11-10(12)8-5-6-15-7-8/h5-7,9H,3-4H2,1-2H3,(H,11,12). The highest BCUT2D eigenvalue weighted by Crippen LogP contribution is 2.11. The van der Waals surface area contributed by atoms with Crippen molar-refractivity contribution in [2.75, 3.05) is 0 Å². The van der Waals surface area contributed by atoms with Crippen LogP contribution in [0.25, 0.3) is 0 Å². The third kappa shape index (κ3) is 3.05. The molecule has 0 aliphatic heterocycles. The van der Waals surface area contributed by atoms with Crippen LogP contribution in [0, 0.1) is 0 Å². The van der Waals surface area contributed by atoms with E-state index in [0.29, 0.717) is 18.4 Å². The molecule has 0 unspecified atom stereocenters. The zero-order chi connectivity index (χ0) is 12.2. The second-order valence-corrected chi connectivity index (χ2v) is 6.17. The van der Waals surface area contributed by atoms with Crippen LogP contribution in [0.2, 0.25) is 0 Å². The first kappa shape index (κ1) is 13.2. The molecule has 16 heavy (non-hydrogen) atoms. The molecule has 4 nitrogen and oxygen atoms in total. The van der Waals surface area contributed by atoms with E-state index in [0.717, 1.165) is 0 Å². The summed E-state index contributed by atoms with van der Waals surface area (Å²) in [5.41, 5.74) is 0.388. The Labute approximate surface area is 99.7 Å². The highest BCUT2D eigenvalue weighted by molar-refractivity contribution is 7.90. The lowest BCUT2D eigenvalue weighted by molar-refractivity contribution is 0.0981. The van der Waals surface area contributed by atoms with Gasteiger partial charge in [-0.3, -0.25) is 4.79 Å². The largest absolute Gasteiger partial charge is 0.268 e. The zero-order valence-corrected chi connectivity index (χ0v) is 10.9. The van der Waals surface area contributed by atoms with Crippen LogP contribution < -0.4 is 4.72 Å². The molecule has 1 heterocycles. The van der Waals surface area contributed by atoms with Gasteiger partial charge in [0, 0.05) is 5.38 Å². The lowest BCUT2D eigenvalue weighted by Gasteiger charge is -2.13. The molecular weight excluding hydrogens is 246 g/mol. The van der Waals surface area contributed by atoms with Crippen molar-refractivity contribution in [2.45, 2.75) is 31.9 Å². The summed E-state index contributed by atoms with van der Waals surface area (Å²) < 4.78 is 25.6. The molecule has 0 aliphatic carbocycles. The zero-order valence-electron chi connectivity index (χ0n) is 9.26. The molecule has 0 fully saturated rings. The van der Waals surface area contributed by atoms with E-state index in [4.69, 9.17) is 0 Å². The molecule has 1 rings (SSSR count). The van der Waals surface area contributed by atoms with Crippen molar-refractivity contribution in [3.05, 3.63) is 22.4 Å². The Bertz CT molecular complexity index is 433. The number of sulfonamides is 1. The molecule has 0 bridgehead atoms. The summed E-state index contributed by atoms with van der Waals surface area (Å²) in [6.07, 6.45) is 1.01. The molecule has 1 aromatic rings. The van der Waals surface area contributed by atoms with Gasteiger partial charge in [0.1, 0.15) is 0 Å². The van der Waals surface area contributed by atoms with E-state index in [-0.39, 0.29) is 0 Å². The van der Waals surface area contributed by atoms with Crippen molar-refractivity contribution in [1.82, 2.24) is 4.72 Å². The first-order valence-electron chi connectivity index (χ1n) is 5.09. The van der Waals surface area contributed by atoms with E-state index >= 15 is 0 Å². The van der Waals surface area contributed by atoms with Crippen LogP contribution in [0.1, 0.15) is 37.0 Å². The monoisotopic (exact) mass is 261 g/mol. The molecule has 1 N–H and O–H groups in total. The number of hydrogen-bond donors (Lipinski definition) is 1. The van der Waals surface area contributed by atoms with Gasteiger partial charge in [0.15, 0.2) is 0 Å². The van der Waals surface area contributed by atoms with Gasteiger partial charge in [-0.25, -0.2) is 13.1 Å². The predicted octanol–water partition coefficient (Wildman–Crippen LogP) is 2.00. The first-order chi connectivity index (χ1) is 7.51. The summed E-state index contributed by atoms with van der Waals surface area (Å²) in [6, 6.07) is 1.60. The molecule has 0 spiro atoms. The van der Waals surface area contributed by atoms with E-state index in [1.54, 1.807) is 30.7 Å². The van der Waals surface area contributed by atoms with Gasteiger partial charge in [0.2, 0.25) is 10.0 Å². The highest BCUT2D eigenvalue weighted by Gasteiger charge is 2.24. The lowest BCUT2D eigenvalue weighted by Crippen LogP contribution is -2.37. The van der Waals surface area contributed by atoms with Crippen molar-refractivity contribution in [3.63, 3.8) is 0 Å². The Morgan fingerprint density at radius 2 is 2.06 bits per heavy atom. The summed E-state index contributed by atoms with van der Waals surface area (Å²) in [4.78, 5) is 11.6. The Kier molecular flexibility index (Phi) is 4.49. The summed E-state index contributed by atoms with van der Waals surface area (Å²) in [7, 11) is -3.54. The van der Waals surface area contributed by atoms with Crippen LogP contribution in [0.5, 0.6) is 0 Å². The summed E-state index contributed by atoms with van der Waals surface area (Å²) in [6.45, 7) is 3.59. The average molecular weight is 261 g/mol. The van der Waals surface area contributed by atoms with Crippen molar-refractivity contribution in [2.24, 2.45) is 0 Å². The van der Waals surface area contributed by atoms with Crippen molar-refractivity contribution in [1.29, 1.82) is 0 Å². The summed E-state index contributed by atoms with van der Waals surface area (Å²) >= 11 is 1.36. The molecule has 0 radical (unpaired) electrons.